The molecular formula is C6H6O3. The highest BCUT2D eigenvalue weighted by molar-refractivity contribution is 5.99. The van der Waals surface area contributed by atoms with E-state index >= 15 is 0 Å². The van der Waals surface area contributed by atoms with Gasteiger partial charge in [0.05, 0.1) is 6.42 Å². The third-order valence-corrected chi connectivity index (χ3v) is 1.10. The average Bonchev–Trinajstić information content (AvgIpc) is 1.80. The van der Waals surface area contributed by atoms with Gasteiger partial charge in [-0.15, -0.1) is 0 Å². The van der Waals surface area contributed by atoms with E-state index in [0.717, 1.165) is 0 Å². The number of hydrogen-bond donors (Lipinski definition) is 0. The Hall–Kier alpha value is -1.12. The van der Waals surface area contributed by atoms with Crippen molar-refractivity contribution in [2.75, 3.05) is 0 Å². The van der Waals surface area contributed by atoms with E-state index in [9.17, 15) is 9.59 Å². The minimum absolute atomic E-state index is 0.220. The Labute approximate surface area is 52.3 Å². The smallest absolute Gasteiger partial charge is 0.341 e. The van der Waals surface area contributed by atoms with Gasteiger partial charge in [-0.05, 0) is 6.92 Å². The molecule has 0 saturated heterocycles. The summed E-state index contributed by atoms with van der Waals surface area (Å²) in [6, 6.07) is 0. The quantitative estimate of drug-likeness (QED) is 0.348. The van der Waals surface area contributed by atoms with Gasteiger partial charge in [0, 0.05) is 5.57 Å². The third kappa shape index (κ3) is 1.16. The summed E-state index contributed by atoms with van der Waals surface area (Å²) in [5, 5.41) is 0. The van der Waals surface area contributed by atoms with Crippen LogP contribution in [0, 0.1) is 0 Å². The Morgan fingerprint density at radius 2 is 2.22 bits per heavy atom. The Kier molecular flexibility index (Phi) is 1.34. The summed E-state index contributed by atoms with van der Waals surface area (Å²) < 4.78 is 4.25. The first-order chi connectivity index (χ1) is 4.20. The Morgan fingerprint density at radius 3 is 2.67 bits per heavy atom. The van der Waals surface area contributed by atoms with Crippen LogP contribution in [0.3, 0.4) is 0 Å². The summed E-state index contributed by atoms with van der Waals surface area (Å²) in [5.74, 6) is -0.989. The van der Waals surface area contributed by atoms with Crippen molar-refractivity contribution in [1.29, 1.82) is 0 Å². The van der Waals surface area contributed by atoms with Gasteiger partial charge in [0.1, 0.15) is 0 Å². The standard InChI is InChI=1S/C6H6O3/c1-4-2-3-5(7)9-6(4)8/h2H,3H2,1H3. The van der Waals surface area contributed by atoms with E-state index in [4.69, 9.17) is 0 Å². The molecule has 0 radical (unpaired) electrons. The zero-order valence-electron chi connectivity index (χ0n) is 5.01. The van der Waals surface area contributed by atoms with Crippen molar-refractivity contribution >= 4 is 11.9 Å². The largest absolute Gasteiger partial charge is 0.389 e. The van der Waals surface area contributed by atoms with Gasteiger partial charge in [-0.2, -0.15) is 0 Å². The molecule has 0 bridgehead atoms. The van der Waals surface area contributed by atoms with Crippen LogP contribution in [0.2, 0.25) is 0 Å². The Balaban J connectivity index is 2.79. The van der Waals surface area contributed by atoms with E-state index in [-0.39, 0.29) is 6.42 Å². The first kappa shape index (κ1) is 6.01. The summed E-state index contributed by atoms with van der Waals surface area (Å²) in [6.07, 6.45) is 1.78. The van der Waals surface area contributed by atoms with E-state index in [0.29, 0.717) is 5.57 Å². The van der Waals surface area contributed by atoms with E-state index < -0.39 is 11.9 Å². The molecule has 9 heavy (non-hydrogen) atoms. The second-order valence-corrected chi connectivity index (χ2v) is 1.85. The van der Waals surface area contributed by atoms with Gasteiger partial charge in [-0.25, -0.2) is 4.79 Å². The van der Waals surface area contributed by atoms with E-state index in [1.807, 2.05) is 0 Å². The van der Waals surface area contributed by atoms with Gasteiger partial charge >= 0.3 is 11.9 Å². The van der Waals surface area contributed by atoms with Crippen LogP contribution in [0.4, 0.5) is 0 Å². The number of esters is 2. The number of carbonyl (C=O) groups is 2. The summed E-state index contributed by atoms with van der Waals surface area (Å²) in [5.41, 5.74) is 0.509. The van der Waals surface area contributed by atoms with Crippen molar-refractivity contribution in [2.45, 2.75) is 13.3 Å². The highest BCUT2D eigenvalue weighted by Gasteiger charge is 2.16. The molecule has 1 aliphatic rings. The molecular weight excluding hydrogens is 120 g/mol. The zero-order chi connectivity index (χ0) is 6.85. The number of rotatable bonds is 0. The van der Waals surface area contributed by atoms with Gasteiger partial charge in [-0.1, -0.05) is 6.08 Å². The van der Waals surface area contributed by atoms with Crippen LogP contribution in [-0.2, 0) is 14.3 Å². The van der Waals surface area contributed by atoms with Crippen LogP contribution in [0.1, 0.15) is 13.3 Å². The van der Waals surface area contributed by atoms with E-state index in [1.54, 1.807) is 13.0 Å². The molecule has 0 aromatic heterocycles. The second-order valence-electron chi connectivity index (χ2n) is 1.85. The summed E-state index contributed by atoms with van der Waals surface area (Å²) in [6.45, 7) is 1.62. The maximum atomic E-state index is 10.5. The molecule has 3 heteroatoms. The van der Waals surface area contributed by atoms with Gasteiger partial charge in [0.2, 0.25) is 0 Å². The lowest BCUT2D eigenvalue weighted by atomic mass is 10.2. The summed E-state index contributed by atoms with van der Waals surface area (Å²) in [4.78, 5) is 20.8. The predicted octanol–water partition coefficient (Wildman–Crippen LogP) is 0.406. The van der Waals surface area contributed by atoms with Gasteiger partial charge < -0.3 is 4.74 Å². The van der Waals surface area contributed by atoms with Crippen LogP contribution < -0.4 is 0 Å². The minimum atomic E-state index is -0.522. The minimum Gasteiger partial charge on any atom is -0.389 e. The topological polar surface area (TPSA) is 43.4 Å². The maximum Gasteiger partial charge on any atom is 0.341 e. The van der Waals surface area contributed by atoms with Crippen LogP contribution in [-0.4, -0.2) is 11.9 Å². The molecule has 0 aromatic rings. The second kappa shape index (κ2) is 2.01. The normalized spacial score (nSPS) is 19.0. The zero-order valence-corrected chi connectivity index (χ0v) is 5.01. The van der Waals surface area contributed by atoms with Crippen molar-refractivity contribution in [2.24, 2.45) is 0 Å². The monoisotopic (exact) mass is 126 g/mol. The molecule has 0 aromatic carbocycles. The molecule has 1 rings (SSSR count). The molecule has 0 aliphatic carbocycles. The van der Waals surface area contributed by atoms with Crippen LogP contribution in [0.15, 0.2) is 11.6 Å². The maximum absolute atomic E-state index is 10.5. The lowest BCUT2D eigenvalue weighted by molar-refractivity contribution is -0.157. The van der Waals surface area contributed by atoms with Gasteiger partial charge in [0.25, 0.3) is 0 Å². The predicted molar refractivity (Wildman–Crippen MR) is 29.5 cm³/mol. The van der Waals surface area contributed by atoms with Crippen LogP contribution in [0.5, 0.6) is 0 Å². The molecule has 0 amide bonds. The van der Waals surface area contributed by atoms with Gasteiger partial charge in [-0.3, -0.25) is 4.79 Å². The first-order valence-corrected chi connectivity index (χ1v) is 2.62. The van der Waals surface area contributed by atoms with E-state index in [2.05, 4.69) is 4.74 Å². The molecule has 1 heterocycles. The fourth-order valence-electron chi connectivity index (χ4n) is 0.545. The summed E-state index contributed by atoms with van der Waals surface area (Å²) >= 11 is 0. The third-order valence-electron chi connectivity index (χ3n) is 1.10. The number of cyclic esters (lactones) is 2. The fraction of sp³-hybridized carbons (Fsp3) is 0.333. The molecule has 0 unspecified atom stereocenters. The molecule has 0 atom stereocenters. The van der Waals surface area contributed by atoms with Crippen LogP contribution in [0.25, 0.3) is 0 Å². The summed E-state index contributed by atoms with van der Waals surface area (Å²) in [7, 11) is 0. The number of hydrogen-bond acceptors (Lipinski definition) is 3. The molecule has 0 saturated carbocycles. The van der Waals surface area contributed by atoms with E-state index in [1.165, 1.54) is 0 Å². The fourth-order valence-corrected chi connectivity index (χ4v) is 0.545. The molecule has 0 fully saturated rings. The SMILES string of the molecule is CC1=CCC(=O)OC1=O. The van der Waals surface area contributed by atoms with Crippen molar-refractivity contribution in [1.82, 2.24) is 0 Å². The Morgan fingerprint density at radius 1 is 1.56 bits per heavy atom. The highest BCUT2D eigenvalue weighted by Crippen LogP contribution is 2.06. The van der Waals surface area contributed by atoms with Crippen molar-refractivity contribution < 1.29 is 14.3 Å². The lowest BCUT2D eigenvalue weighted by Gasteiger charge is -2.05. The molecule has 3 nitrogen and oxygen atoms in total. The van der Waals surface area contributed by atoms with Crippen LogP contribution >= 0.6 is 0 Å². The number of ether oxygens (including phenoxy) is 1. The number of carbonyl (C=O) groups excluding carboxylic acids is 2. The molecule has 1 aliphatic heterocycles. The molecule has 0 spiro atoms. The first-order valence-electron chi connectivity index (χ1n) is 2.62. The molecule has 0 N–H and O–H groups in total. The molecule has 48 valence electrons. The van der Waals surface area contributed by atoms with Crippen molar-refractivity contribution in [3.63, 3.8) is 0 Å². The Bertz CT molecular complexity index is 190. The van der Waals surface area contributed by atoms with Crippen molar-refractivity contribution in [3.8, 4) is 0 Å². The average molecular weight is 126 g/mol. The van der Waals surface area contributed by atoms with Crippen molar-refractivity contribution in [3.05, 3.63) is 11.6 Å². The van der Waals surface area contributed by atoms with Gasteiger partial charge in [0.15, 0.2) is 0 Å². The lowest BCUT2D eigenvalue weighted by Crippen LogP contribution is -2.16. The highest BCUT2D eigenvalue weighted by atomic mass is 16.6.